The summed E-state index contributed by atoms with van der Waals surface area (Å²) in [5.41, 5.74) is 0.470. The maximum atomic E-state index is 12.9. The van der Waals surface area contributed by atoms with Crippen LogP contribution in [0.15, 0.2) is 29.2 Å². The summed E-state index contributed by atoms with van der Waals surface area (Å²) in [5, 5.41) is 8.78. The molecule has 0 unspecified atom stereocenters. The highest BCUT2D eigenvalue weighted by molar-refractivity contribution is 7.90. The first-order valence-electron chi connectivity index (χ1n) is 9.45. The van der Waals surface area contributed by atoms with Gasteiger partial charge in [-0.25, -0.2) is 8.42 Å². The summed E-state index contributed by atoms with van der Waals surface area (Å²) in [6, 6.07) is 6.16. The van der Waals surface area contributed by atoms with Crippen molar-refractivity contribution in [2.24, 2.45) is 0 Å². The highest BCUT2D eigenvalue weighted by atomic mass is 32.2. The fraction of sp³-hybridized carbons (Fsp3) is 0.526. The lowest BCUT2D eigenvalue weighted by atomic mass is 9.98. The Morgan fingerprint density at radius 2 is 1.82 bits per heavy atom. The van der Waals surface area contributed by atoms with Gasteiger partial charge in [0, 0.05) is 37.5 Å². The van der Waals surface area contributed by atoms with Crippen molar-refractivity contribution < 1.29 is 17.9 Å². The molecule has 9 heteroatoms. The van der Waals surface area contributed by atoms with Gasteiger partial charge in [0.2, 0.25) is 0 Å². The number of fused-ring (bicyclic) bond motifs is 1. The molecule has 1 atom stereocenters. The van der Waals surface area contributed by atoms with E-state index < -0.39 is 9.84 Å². The number of aromatic nitrogens is 3. The Morgan fingerprint density at radius 3 is 2.46 bits per heavy atom. The van der Waals surface area contributed by atoms with Crippen molar-refractivity contribution in [3.8, 4) is 0 Å². The van der Waals surface area contributed by atoms with Crippen molar-refractivity contribution in [3.05, 3.63) is 41.5 Å². The molecular weight excluding hydrogens is 380 g/mol. The first-order chi connectivity index (χ1) is 13.3. The second-order valence-corrected chi connectivity index (χ2v) is 9.58. The number of nitrogens with zero attached hydrogens (tertiary/aromatic N) is 4. The summed E-state index contributed by atoms with van der Waals surface area (Å²) in [6.45, 7) is 4.52. The van der Waals surface area contributed by atoms with Crippen LogP contribution in [0.2, 0.25) is 0 Å². The molecule has 0 radical (unpaired) electrons. The van der Waals surface area contributed by atoms with Gasteiger partial charge in [0.25, 0.3) is 5.91 Å². The number of hydrogen-bond acceptors (Lipinski definition) is 6. The van der Waals surface area contributed by atoms with E-state index >= 15 is 0 Å². The summed E-state index contributed by atoms with van der Waals surface area (Å²) in [5.74, 6) is 2.01. The summed E-state index contributed by atoms with van der Waals surface area (Å²) < 4.78 is 30.8. The van der Waals surface area contributed by atoms with Gasteiger partial charge in [0.1, 0.15) is 5.82 Å². The molecule has 0 bridgehead atoms. The summed E-state index contributed by atoms with van der Waals surface area (Å²) in [7, 11) is -3.28. The molecule has 2 aromatic rings. The third-order valence-corrected chi connectivity index (χ3v) is 6.58. The number of carbonyl (C=O) groups is 1. The number of sulfone groups is 1. The van der Waals surface area contributed by atoms with Crippen LogP contribution in [0.1, 0.15) is 53.7 Å². The Kier molecular flexibility index (Phi) is 4.96. The lowest BCUT2D eigenvalue weighted by Gasteiger charge is -2.34. The second kappa shape index (κ2) is 7.29. The average molecular weight is 404 g/mol. The van der Waals surface area contributed by atoms with Crippen LogP contribution in [-0.2, 0) is 21.1 Å². The van der Waals surface area contributed by atoms with Gasteiger partial charge >= 0.3 is 0 Å². The van der Waals surface area contributed by atoms with Crippen molar-refractivity contribution >= 4 is 15.7 Å². The molecule has 8 nitrogen and oxygen atoms in total. The molecule has 3 heterocycles. The first-order valence-corrected chi connectivity index (χ1v) is 11.3. The molecule has 0 N–H and O–H groups in total. The van der Waals surface area contributed by atoms with Crippen LogP contribution in [0.5, 0.6) is 0 Å². The fourth-order valence-electron chi connectivity index (χ4n) is 3.98. The Labute approximate surface area is 164 Å². The number of amides is 1. The molecule has 1 aromatic heterocycles. The van der Waals surface area contributed by atoms with E-state index in [1.165, 1.54) is 12.1 Å². The van der Waals surface area contributed by atoms with Gasteiger partial charge in [-0.05, 0) is 44.0 Å². The van der Waals surface area contributed by atoms with Gasteiger partial charge < -0.3 is 14.2 Å². The molecule has 2 aliphatic rings. The zero-order chi connectivity index (χ0) is 19.9. The largest absolute Gasteiger partial charge is 0.381 e. The van der Waals surface area contributed by atoms with Gasteiger partial charge in [0.05, 0.1) is 17.5 Å². The quantitative estimate of drug-likeness (QED) is 0.774. The van der Waals surface area contributed by atoms with Gasteiger partial charge in [-0.3, -0.25) is 4.79 Å². The molecule has 1 aromatic carbocycles. The van der Waals surface area contributed by atoms with Gasteiger partial charge in [-0.2, -0.15) is 0 Å². The highest BCUT2D eigenvalue weighted by Crippen LogP contribution is 2.31. The van der Waals surface area contributed by atoms with E-state index in [-0.39, 0.29) is 16.8 Å². The number of rotatable bonds is 3. The lowest BCUT2D eigenvalue weighted by molar-refractivity contribution is 0.0668. The van der Waals surface area contributed by atoms with Crippen molar-refractivity contribution in [2.75, 3.05) is 26.0 Å². The Hall–Kier alpha value is -2.26. The zero-order valence-electron chi connectivity index (χ0n) is 16.0. The third kappa shape index (κ3) is 3.56. The van der Waals surface area contributed by atoms with E-state index in [9.17, 15) is 13.2 Å². The van der Waals surface area contributed by atoms with Gasteiger partial charge in [-0.1, -0.05) is 0 Å². The highest BCUT2D eigenvalue weighted by Gasteiger charge is 2.32. The minimum atomic E-state index is -3.28. The van der Waals surface area contributed by atoms with Crippen molar-refractivity contribution in [3.63, 3.8) is 0 Å². The van der Waals surface area contributed by atoms with Crippen LogP contribution in [-0.4, -0.2) is 60.0 Å². The van der Waals surface area contributed by atoms with Crippen molar-refractivity contribution in [1.29, 1.82) is 0 Å². The van der Waals surface area contributed by atoms with Crippen LogP contribution in [0.25, 0.3) is 0 Å². The minimum absolute atomic E-state index is 0.0795. The fourth-order valence-corrected chi connectivity index (χ4v) is 4.61. The summed E-state index contributed by atoms with van der Waals surface area (Å²) in [4.78, 5) is 14.9. The van der Waals surface area contributed by atoms with Gasteiger partial charge in [-0.15, -0.1) is 10.2 Å². The number of ether oxygens (including phenoxy) is 1. The summed E-state index contributed by atoms with van der Waals surface area (Å²) in [6.07, 6.45) is 3.04. The SMILES string of the molecule is C[C@H]1CN(C(=O)c2ccc(S(C)(=O)=O)cc2)Cc2nnc(C3CCOCC3)n21. The molecule has 0 saturated carbocycles. The molecule has 0 spiro atoms. The Bertz CT molecular complexity index is 978. The molecule has 0 aliphatic carbocycles. The average Bonchev–Trinajstić information content (AvgIpc) is 3.12. The second-order valence-electron chi connectivity index (χ2n) is 7.56. The van der Waals surface area contributed by atoms with Crippen LogP contribution in [0, 0.1) is 0 Å². The smallest absolute Gasteiger partial charge is 0.254 e. The van der Waals surface area contributed by atoms with Crippen molar-refractivity contribution in [1.82, 2.24) is 19.7 Å². The Morgan fingerprint density at radius 1 is 1.14 bits per heavy atom. The van der Waals surface area contributed by atoms with Gasteiger partial charge in [0.15, 0.2) is 15.7 Å². The number of benzene rings is 1. The van der Waals surface area contributed by atoms with Crippen LogP contribution < -0.4 is 0 Å². The molecule has 2 aliphatic heterocycles. The monoisotopic (exact) mass is 404 g/mol. The third-order valence-electron chi connectivity index (χ3n) is 5.45. The van der Waals surface area contributed by atoms with E-state index in [4.69, 9.17) is 4.74 Å². The van der Waals surface area contributed by atoms with E-state index in [1.807, 2.05) is 0 Å². The predicted octanol–water partition coefficient (Wildman–Crippen LogP) is 1.79. The maximum absolute atomic E-state index is 12.9. The van der Waals surface area contributed by atoms with E-state index in [1.54, 1.807) is 17.0 Å². The van der Waals surface area contributed by atoms with Crippen molar-refractivity contribution in [2.45, 2.75) is 43.2 Å². The number of carbonyl (C=O) groups excluding carboxylic acids is 1. The topological polar surface area (TPSA) is 94.4 Å². The molecular formula is C19H24N4O4S. The normalized spacial score (nSPS) is 20.8. The molecule has 150 valence electrons. The zero-order valence-corrected chi connectivity index (χ0v) is 16.9. The van der Waals surface area contributed by atoms with Crippen LogP contribution >= 0.6 is 0 Å². The minimum Gasteiger partial charge on any atom is -0.381 e. The molecule has 1 saturated heterocycles. The van der Waals surface area contributed by atoms with Crippen LogP contribution in [0.4, 0.5) is 0 Å². The number of hydrogen-bond donors (Lipinski definition) is 0. The standard InChI is InChI=1S/C19H24N4O4S/c1-13-11-22(19(24)15-3-5-16(6-4-15)28(2,25)26)12-17-20-21-18(23(13)17)14-7-9-27-10-8-14/h3-6,13-14H,7-12H2,1-2H3/t13-/m0/s1. The predicted molar refractivity (Wildman–Crippen MR) is 102 cm³/mol. The summed E-state index contributed by atoms with van der Waals surface area (Å²) >= 11 is 0. The maximum Gasteiger partial charge on any atom is 0.254 e. The van der Waals surface area contributed by atoms with E-state index in [0.29, 0.717) is 24.6 Å². The molecule has 1 amide bonds. The van der Waals surface area contributed by atoms with E-state index in [2.05, 4.69) is 21.7 Å². The molecule has 1 fully saturated rings. The molecule has 28 heavy (non-hydrogen) atoms. The van der Waals surface area contributed by atoms with E-state index in [0.717, 1.165) is 44.0 Å². The lowest BCUT2D eigenvalue weighted by Crippen LogP contribution is -2.41. The molecule has 4 rings (SSSR count). The Balaban J connectivity index is 1.54. The van der Waals surface area contributed by atoms with Crippen LogP contribution in [0.3, 0.4) is 0 Å². The first kappa shape index (κ1) is 19.1.